The van der Waals surface area contributed by atoms with E-state index in [4.69, 9.17) is 4.74 Å². The van der Waals surface area contributed by atoms with Gasteiger partial charge >= 0.3 is 5.97 Å². The first kappa shape index (κ1) is 14.8. The fourth-order valence-corrected chi connectivity index (χ4v) is 2.75. The Morgan fingerprint density at radius 1 is 1.05 bits per heavy atom. The number of amides is 2. The van der Waals surface area contributed by atoms with Gasteiger partial charge < -0.3 is 14.5 Å². The van der Waals surface area contributed by atoms with E-state index in [9.17, 15) is 14.4 Å². The summed E-state index contributed by atoms with van der Waals surface area (Å²) in [5.41, 5.74) is 0. The van der Waals surface area contributed by atoms with Crippen LogP contribution in [-0.2, 0) is 19.1 Å². The fourth-order valence-electron chi connectivity index (χ4n) is 2.75. The monoisotopic (exact) mass is 282 g/mol. The van der Waals surface area contributed by atoms with Gasteiger partial charge in [0, 0.05) is 33.1 Å². The Kier molecular flexibility index (Phi) is 4.62. The molecule has 0 saturated carbocycles. The largest absolute Gasteiger partial charge is 0.466 e. The third-order valence-corrected chi connectivity index (χ3v) is 4.10. The van der Waals surface area contributed by atoms with Crippen molar-refractivity contribution in [3.63, 3.8) is 0 Å². The van der Waals surface area contributed by atoms with Gasteiger partial charge in [-0.3, -0.25) is 14.4 Å². The number of piperidine rings is 1. The number of ether oxygens (including phenoxy) is 1. The van der Waals surface area contributed by atoms with Crippen molar-refractivity contribution in [1.82, 2.24) is 9.80 Å². The van der Waals surface area contributed by atoms with Crippen LogP contribution in [0.3, 0.4) is 0 Å². The van der Waals surface area contributed by atoms with E-state index in [-0.39, 0.29) is 29.6 Å². The van der Waals surface area contributed by atoms with E-state index in [0.717, 1.165) is 0 Å². The first-order chi connectivity index (χ1) is 9.52. The van der Waals surface area contributed by atoms with Crippen LogP contribution in [0, 0.1) is 11.8 Å². The van der Waals surface area contributed by atoms with Gasteiger partial charge in [0.15, 0.2) is 0 Å². The molecule has 0 unspecified atom stereocenters. The van der Waals surface area contributed by atoms with Crippen LogP contribution in [0.2, 0.25) is 0 Å². The first-order valence-corrected chi connectivity index (χ1v) is 7.23. The number of likely N-dealkylation sites (tertiary alicyclic amines) is 2. The van der Waals surface area contributed by atoms with E-state index in [0.29, 0.717) is 45.6 Å². The maximum atomic E-state index is 12.2. The lowest BCUT2D eigenvalue weighted by molar-refractivity contribution is -0.154. The maximum Gasteiger partial charge on any atom is 0.309 e. The lowest BCUT2D eigenvalue weighted by Crippen LogP contribution is -2.57. The predicted octanol–water partition coefficient (Wildman–Crippen LogP) is 0.266. The third kappa shape index (κ3) is 3.11. The molecule has 0 atom stereocenters. The van der Waals surface area contributed by atoms with E-state index in [1.54, 1.807) is 11.8 Å². The molecule has 0 N–H and O–H groups in total. The fraction of sp³-hybridized carbons (Fsp3) is 0.786. The highest BCUT2D eigenvalue weighted by Crippen LogP contribution is 2.23. The van der Waals surface area contributed by atoms with Crippen LogP contribution >= 0.6 is 0 Å². The van der Waals surface area contributed by atoms with Crippen molar-refractivity contribution >= 4 is 17.8 Å². The maximum absolute atomic E-state index is 12.2. The highest BCUT2D eigenvalue weighted by atomic mass is 16.5. The summed E-state index contributed by atoms with van der Waals surface area (Å²) in [5, 5.41) is 0. The van der Waals surface area contributed by atoms with Crippen molar-refractivity contribution in [2.75, 3.05) is 32.8 Å². The zero-order valence-electron chi connectivity index (χ0n) is 12.1. The zero-order chi connectivity index (χ0) is 14.7. The van der Waals surface area contributed by atoms with Crippen LogP contribution in [0.15, 0.2) is 0 Å². The second-order valence-corrected chi connectivity index (χ2v) is 5.47. The Balaban J connectivity index is 1.75. The molecule has 6 heteroatoms. The van der Waals surface area contributed by atoms with Gasteiger partial charge in [-0.1, -0.05) is 0 Å². The van der Waals surface area contributed by atoms with Crippen molar-refractivity contribution in [2.45, 2.75) is 26.7 Å². The molecule has 2 aliphatic heterocycles. The molecular formula is C14H22N2O4. The summed E-state index contributed by atoms with van der Waals surface area (Å²) in [6.45, 7) is 6.01. The number of hydrogen-bond donors (Lipinski definition) is 0. The Hall–Kier alpha value is -1.59. The molecule has 2 aliphatic rings. The minimum Gasteiger partial charge on any atom is -0.466 e. The number of carbonyl (C=O) groups excluding carboxylic acids is 3. The second kappa shape index (κ2) is 6.24. The molecule has 2 amide bonds. The summed E-state index contributed by atoms with van der Waals surface area (Å²) in [4.78, 5) is 38.4. The van der Waals surface area contributed by atoms with Gasteiger partial charge in [0.25, 0.3) is 0 Å². The first-order valence-electron chi connectivity index (χ1n) is 7.23. The van der Waals surface area contributed by atoms with E-state index in [1.165, 1.54) is 6.92 Å². The molecule has 2 heterocycles. The zero-order valence-corrected chi connectivity index (χ0v) is 12.1. The van der Waals surface area contributed by atoms with E-state index < -0.39 is 0 Å². The van der Waals surface area contributed by atoms with Crippen molar-refractivity contribution in [3.8, 4) is 0 Å². The van der Waals surface area contributed by atoms with Gasteiger partial charge in [0.05, 0.1) is 18.4 Å². The summed E-state index contributed by atoms with van der Waals surface area (Å²) in [5.74, 6) is -0.141. The molecule has 6 nitrogen and oxygen atoms in total. The van der Waals surface area contributed by atoms with Crippen LogP contribution in [-0.4, -0.2) is 60.4 Å². The average Bonchev–Trinajstić information content (AvgIpc) is 2.37. The van der Waals surface area contributed by atoms with Crippen LogP contribution < -0.4 is 0 Å². The lowest BCUT2D eigenvalue weighted by Gasteiger charge is -2.41. The number of rotatable bonds is 3. The van der Waals surface area contributed by atoms with Crippen LogP contribution in [0.1, 0.15) is 26.7 Å². The molecule has 0 bridgehead atoms. The SMILES string of the molecule is CCOC(=O)C1CCN(C(=O)C2CN(C(C)=O)C2)CC1. The lowest BCUT2D eigenvalue weighted by atomic mass is 9.93. The van der Waals surface area contributed by atoms with Crippen LogP contribution in [0.5, 0.6) is 0 Å². The topological polar surface area (TPSA) is 66.9 Å². The summed E-state index contributed by atoms with van der Waals surface area (Å²) in [6, 6.07) is 0. The summed E-state index contributed by atoms with van der Waals surface area (Å²) in [7, 11) is 0. The summed E-state index contributed by atoms with van der Waals surface area (Å²) >= 11 is 0. The Morgan fingerprint density at radius 2 is 1.65 bits per heavy atom. The van der Waals surface area contributed by atoms with Crippen LogP contribution in [0.4, 0.5) is 0 Å². The molecule has 20 heavy (non-hydrogen) atoms. The standard InChI is InChI=1S/C14H22N2O4/c1-3-20-14(19)11-4-6-15(7-5-11)13(18)12-8-16(9-12)10(2)17/h11-12H,3-9H2,1-2H3. The molecule has 2 fully saturated rings. The molecule has 0 spiro atoms. The van der Waals surface area contributed by atoms with E-state index >= 15 is 0 Å². The molecule has 0 aromatic rings. The van der Waals surface area contributed by atoms with Crippen molar-refractivity contribution in [2.24, 2.45) is 11.8 Å². The molecular weight excluding hydrogens is 260 g/mol. The van der Waals surface area contributed by atoms with Gasteiger partial charge in [-0.05, 0) is 19.8 Å². The molecule has 112 valence electrons. The van der Waals surface area contributed by atoms with Gasteiger partial charge in [0.1, 0.15) is 0 Å². The van der Waals surface area contributed by atoms with E-state index in [2.05, 4.69) is 0 Å². The highest BCUT2D eigenvalue weighted by Gasteiger charge is 2.38. The molecule has 2 rings (SSSR count). The highest BCUT2D eigenvalue weighted by molar-refractivity contribution is 5.84. The molecule has 0 aromatic heterocycles. The predicted molar refractivity (Wildman–Crippen MR) is 71.7 cm³/mol. The van der Waals surface area contributed by atoms with E-state index in [1.807, 2.05) is 4.90 Å². The van der Waals surface area contributed by atoms with Crippen molar-refractivity contribution in [1.29, 1.82) is 0 Å². The molecule has 0 radical (unpaired) electrons. The quantitative estimate of drug-likeness (QED) is 0.697. The minimum absolute atomic E-state index is 0.0232. The minimum atomic E-state index is -0.147. The number of esters is 1. The smallest absolute Gasteiger partial charge is 0.309 e. The number of carbonyl (C=O) groups is 3. The molecule has 0 aromatic carbocycles. The van der Waals surface area contributed by atoms with Gasteiger partial charge in [-0.25, -0.2) is 0 Å². The van der Waals surface area contributed by atoms with Crippen molar-refractivity contribution in [3.05, 3.63) is 0 Å². The Bertz CT molecular complexity index is 396. The summed E-state index contributed by atoms with van der Waals surface area (Å²) < 4.78 is 5.01. The van der Waals surface area contributed by atoms with Gasteiger partial charge in [0.2, 0.25) is 11.8 Å². The number of nitrogens with zero attached hydrogens (tertiary/aromatic N) is 2. The second-order valence-electron chi connectivity index (χ2n) is 5.47. The Morgan fingerprint density at radius 3 is 2.15 bits per heavy atom. The number of hydrogen-bond acceptors (Lipinski definition) is 4. The third-order valence-electron chi connectivity index (χ3n) is 4.10. The van der Waals surface area contributed by atoms with Gasteiger partial charge in [-0.2, -0.15) is 0 Å². The van der Waals surface area contributed by atoms with Crippen LogP contribution in [0.25, 0.3) is 0 Å². The molecule has 0 aliphatic carbocycles. The summed E-state index contributed by atoms with van der Waals surface area (Å²) in [6.07, 6.45) is 1.35. The van der Waals surface area contributed by atoms with Gasteiger partial charge in [-0.15, -0.1) is 0 Å². The molecule has 2 saturated heterocycles. The van der Waals surface area contributed by atoms with Crippen molar-refractivity contribution < 1.29 is 19.1 Å². The normalized spacial score (nSPS) is 20.5. The Labute approximate surface area is 119 Å². The average molecular weight is 282 g/mol.